The predicted molar refractivity (Wildman–Crippen MR) is 114 cm³/mol. The lowest BCUT2D eigenvalue weighted by Gasteiger charge is -2.10. The molecule has 4 aromatic rings. The van der Waals surface area contributed by atoms with E-state index in [1.807, 2.05) is 36.4 Å². The molecule has 0 unspecified atom stereocenters. The molecule has 4 rings (SSSR count). The first kappa shape index (κ1) is 17.2. The van der Waals surface area contributed by atoms with Crippen LogP contribution >= 0.6 is 12.2 Å². The molecule has 0 saturated carbocycles. The number of aromatic nitrogens is 3. The van der Waals surface area contributed by atoms with Gasteiger partial charge in [-0.3, -0.25) is 5.32 Å². The van der Waals surface area contributed by atoms with Gasteiger partial charge in [-0.05, 0) is 41.7 Å². The Morgan fingerprint density at radius 2 is 1.74 bits per heavy atom. The van der Waals surface area contributed by atoms with Crippen molar-refractivity contribution >= 4 is 39.7 Å². The van der Waals surface area contributed by atoms with E-state index in [1.54, 1.807) is 11.0 Å². The van der Waals surface area contributed by atoms with E-state index in [4.69, 9.17) is 12.2 Å². The molecule has 5 nitrogen and oxygen atoms in total. The zero-order chi connectivity index (χ0) is 18.6. The zero-order valence-electron chi connectivity index (χ0n) is 14.9. The van der Waals surface area contributed by atoms with Crippen molar-refractivity contribution in [3.05, 3.63) is 84.2 Å². The molecule has 6 heteroatoms. The Bertz CT molecular complexity index is 1100. The van der Waals surface area contributed by atoms with E-state index in [0.29, 0.717) is 17.6 Å². The van der Waals surface area contributed by atoms with Crippen LogP contribution in [0.25, 0.3) is 10.8 Å². The van der Waals surface area contributed by atoms with Crippen LogP contribution in [-0.4, -0.2) is 19.9 Å². The van der Waals surface area contributed by atoms with E-state index in [9.17, 15) is 0 Å². The van der Waals surface area contributed by atoms with Gasteiger partial charge in [-0.2, -0.15) is 0 Å². The Hall–Kier alpha value is -3.25. The smallest absolute Gasteiger partial charge is 0.248 e. The number of anilines is 2. The second kappa shape index (κ2) is 7.55. The van der Waals surface area contributed by atoms with Gasteiger partial charge in [0, 0.05) is 11.1 Å². The molecule has 0 aliphatic carbocycles. The lowest BCUT2D eigenvalue weighted by Crippen LogP contribution is -2.20. The van der Waals surface area contributed by atoms with Crippen molar-refractivity contribution in [2.75, 3.05) is 10.6 Å². The normalized spacial score (nSPS) is 10.7. The Morgan fingerprint density at radius 3 is 2.63 bits per heavy atom. The third kappa shape index (κ3) is 3.96. The van der Waals surface area contributed by atoms with Gasteiger partial charge in [-0.15, -0.1) is 5.10 Å². The monoisotopic (exact) mass is 373 g/mol. The zero-order valence-corrected chi connectivity index (χ0v) is 15.7. The Kier molecular flexibility index (Phi) is 4.80. The minimum Gasteiger partial charge on any atom is -0.332 e. The average molecular weight is 373 g/mol. The number of aryl methyl sites for hydroxylation is 1. The number of rotatable bonds is 4. The molecule has 2 N–H and O–H groups in total. The van der Waals surface area contributed by atoms with Crippen molar-refractivity contribution in [2.24, 2.45) is 0 Å². The van der Waals surface area contributed by atoms with Gasteiger partial charge in [0.1, 0.15) is 6.33 Å². The summed E-state index contributed by atoms with van der Waals surface area (Å²) in [6.45, 7) is 2.76. The second-order valence-corrected chi connectivity index (χ2v) is 6.71. The quantitative estimate of drug-likeness (QED) is 0.512. The average Bonchev–Trinajstić information content (AvgIpc) is 3.11. The van der Waals surface area contributed by atoms with Gasteiger partial charge < -0.3 is 5.32 Å². The third-order valence-electron chi connectivity index (χ3n) is 4.39. The van der Waals surface area contributed by atoms with E-state index in [0.717, 1.165) is 16.5 Å². The maximum atomic E-state index is 5.43. The predicted octanol–water partition coefficient (Wildman–Crippen LogP) is 4.60. The highest BCUT2D eigenvalue weighted by atomic mass is 32.1. The lowest BCUT2D eigenvalue weighted by molar-refractivity contribution is 0.684. The van der Waals surface area contributed by atoms with E-state index >= 15 is 0 Å². The van der Waals surface area contributed by atoms with Crippen molar-refractivity contribution in [2.45, 2.75) is 13.5 Å². The van der Waals surface area contributed by atoms with Gasteiger partial charge in [0.2, 0.25) is 5.95 Å². The lowest BCUT2D eigenvalue weighted by atomic mass is 10.1. The maximum absolute atomic E-state index is 5.43. The van der Waals surface area contributed by atoms with Gasteiger partial charge in [-0.25, -0.2) is 9.67 Å². The van der Waals surface area contributed by atoms with E-state index in [2.05, 4.69) is 58.0 Å². The molecule has 0 bridgehead atoms. The number of hydrogen-bond acceptors (Lipinski definition) is 3. The molecule has 27 heavy (non-hydrogen) atoms. The number of thiocarbonyl (C=S) groups is 1. The first-order valence-electron chi connectivity index (χ1n) is 8.69. The van der Waals surface area contributed by atoms with Crippen molar-refractivity contribution in [1.82, 2.24) is 14.8 Å². The third-order valence-corrected chi connectivity index (χ3v) is 4.60. The summed E-state index contributed by atoms with van der Waals surface area (Å²) in [5, 5.41) is 13.5. The highest BCUT2D eigenvalue weighted by Gasteiger charge is 2.07. The van der Waals surface area contributed by atoms with Gasteiger partial charge in [0.15, 0.2) is 5.11 Å². The Balaban J connectivity index is 1.44. The summed E-state index contributed by atoms with van der Waals surface area (Å²) >= 11 is 5.43. The maximum Gasteiger partial charge on any atom is 0.248 e. The number of hydrogen-bond donors (Lipinski definition) is 2. The van der Waals surface area contributed by atoms with E-state index < -0.39 is 0 Å². The molecule has 1 heterocycles. The molecular weight excluding hydrogens is 354 g/mol. The summed E-state index contributed by atoms with van der Waals surface area (Å²) in [7, 11) is 0. The summed E-state index contributed by atoms with van der Waals surface area (Å²) in [5.74, 6) is 0.473. The molecule has 0 radical (unpaired) electrons. The Labute approximate surface area is 163 Å². The molecule has 0 amide bonds. The van der Waals surface area contributed by atoms with E-state index in [1.165, 1.54) is 11.1 Å². The van der Waals surface area contributed by atoms with Crippen LogP contribution < -0.4 is 10.6 Å². The van der Waals surface area contributed by atoms with Crippen LogP contribution in [0.1, 0.15) is 11.1 Å². The van der Waals surface area contributed by atoms with Crippen LogP contribution in [0.15, 0.2) is 73.1 Å². The van der Waals surface area contributed by atoms with Crippen LogP contribution in [0.3, 0.4) is 0 Å². The fourth-order valence-corrected chi connectivity index (χ4v) is 3.18. The molecular formula is C21H19N5S. The number of nitrogens with zero attached hydrogens (tertiary/aromatic N) is 3. The van der Waals surface area contributed by atoms with E-state index in [-0.39, 0.29) is 0 Å². The summed E-state index contributed by atoms with van der Waals surface area (Å²) in [5.41, 5.74) is 3.39. The van der Waals surface area contributed by atoms with Crippen molar-refractivity contribution < 1.29 is 0 Å². The largest absolute Gasteiger partial charge is 0.332 e. The molecule has 0 atom stereocenters. The number of fused-ring (bicyclic) bond motifs is 1. The van der Waals surface area contributed by atoms with Crippen molar-refractivity contribution in [1.29, 1.82) is 0 Å². The summed E-state index contributed by atoms with van der Waals surface area (Å²) < 4.78 is 1.80. The number of nitrogens with one attached hydrogen (secondary N) is 2. The van der Waals surface area contributed by atoms with Crippen molar-refractivity contribution in [3.63, 3.8) is 0 Å². The first-order valence-corrected chi connectivity index (χ1v) is 9.09. The van der Waals surface area contributed by atoms with Crippen LogP contribution in [-0.2, 0) is 6.54 Å². The molecule has 1 aromatic heterocycles. The SMILES string of the molecule is Cc1ccccc1Cn1cnc(NC(=S)Nc2cccc3ccccc23)n1. The molecule has 0 saturated heterocycles. The molecule has 0 aliphatic rings. The minimum atomic E-state index is 0.458. The highest BCUT2D eigenvalue weighted by molar-refractivity contribution is 7.80. The van der Waals surface area contributed by atoms with Crippen LogP contribution in [0.2, 0.25) is 0 Å². The summed E-state index contributed by atoms with van der Waals surface area (Å²) in [6.07, 6.45) is 1.70. The highest BCUT2D eigenvalue weighted by Crippen LogP contribution is 2.23. The first-order chi connectivity index (χ1) is 13.2. The fraction of sp³-hybridized carbons (Fsp3) is 0.0952. The van der Waals surface area contributed by atoms with Gasteiger partial charge >= 0.3 is 0 Å². The molecule has 0 spiro atoms. The fourth-order valence-electron chi connectivity index (χ4n) is 2.98. The van der Waals surface area contributed by atoms with Gasteiger partial charge in [0.25, 0.3) is 0 Å². The molecule has 3 aromatic carbocycles. The molecule has 134 valence electrons. The number of benzene rings is 3. The molecule has 0 fully saturated rings. The molecule has 0 aliphatic heterocycles. The standard InChI is InChI=1S/C21H19N5S/c1-15-7-2-3-9-17(15)13-26-14-22-20(25-26)24-21(27)23-19-12-6-10-16-8-4-5-11-18(16)19/h2-12,14H,13H2,1H3,(H2,23,24,25,27). The minimum absolute atomic E-state index is 0.458. The second-order valence-electron chi connectivity index (χ2n) is 6.30. The Morgan fingerprint density at radius 1 is 0.963 bits per heavy atom. The summed E-state index contributed by atoms with van der Waals surface area (Å²) in [6, 6.07) is 22.5. The topological polar surface area (TPSA) is 54.8 Å². The van der Waals surface area contributed by atoms with Crippen molar-refractivity contribution in [3.8, 4) is 0 Å². The summed E-state index contributed by atoms with van der Waals surface area (Å²) in [4.78, 5) is 4.30. The van der Waals surface area contributed by atoms with Crippen LogP contribution in [0.5, 0.6) is 0 Å². The van der Waals surface area contributed by atoms with Crippen LogP contribution in [0.4, 0.5) is 11.6 Å². The van der Waals surface area contributed by atoms with Gasteiger partial charge in [0.05, 0.1) is 6.54 Å². The van der Waals surface area contributed by atoms with Gasteiger partial charge in [-0.1, -0.05) is 60.7 Å². The van der Waals surface area contributed by atoms with Crippen LogP contribution in [0, 0.1) is 6.92 Å².